The number of aryl methyl sites for hydroxylation is 1. The van der Waals surface area contributed by atoms with Crippen LogP contribution in [0.25, 0.3) is 0 Å². The molecule has 2 amide bonds. The van der Waals surface area contributed by atoms with Crippen molar-refractivity contribution in [3.8, 4) is 0 Å². The molecular weight excluding hydrogens is 453 g/mol. The number of carbonyl (C=O) groups excluding carboxylic acids is 2. The van der Waals surface area contributed by atoms with E-state index in [-0.39, 0.29) is 22.6 Å². The minimum atomic E-state index is -3.86. The van der Waals surface area contributed by atoms with Gasteiger partial charge in [-0.05, 0) is 79.9 Å². The number of hydrogen-bond donors (Lipinski definition) is 3. The second-order valence-corrected chi connectivity index (χ2v) is 10.2. The Morgan fingerprint density at radius 2 is 1.59 bits per heavy atom. The van der Waals surface area contributed by atoms with Gasteiger partial charge in [0, 0.05) is 17.3 Å². The van der Waals surface area contributed by atoms with Gasteiger partial charge < -0.3 is 10.6 Å². The normalized spacial score (nSPS) is 13.4. The summed E-state index contributed by atoms with van der Waals surface area (Å²) in [5, 5.41) is 6.25. The van der Waals surface area contributed by atoms with Gasteiger partial charge in [0.05, 0.1) is 14.8 Å². The predicted octanol–water partition coefficient (Wildman–Crippen LogP) is 4.60. The summed E-state index contributed by atoms with van der Waals surface area (Å²) >= 11 is 1.21. The van der Waals surface area contributed by atoms with Crippen molar-refractivity contribution < 1.29 is 22.4 Å². The number of amides is 2. The third kappa shape index (κ3) is 5.14. The zero-order chi connectivity index (χ0) is 22.9. The van der Waals surface area contributed by atoms with Crippen LogP contribution >= 0.6 is 11.3 Å². The summed E-state index contributed by atoms with van der Waals surface area (Å²) < 4.78 is 40.2. The van der Waals surface area contributed by atoms with E-state index >= 15 is 0 Å². The van der Waals surface area contributed by atoms with Gasteiger partial charge in [-0.2, -0.15) is 0 Å². The number of rotatable bonds is 7. The van der Waals surface area contributed by atoms with Gasteiger partial charge in [-0.3, -0.25) is 14.3 Å². The Kier molecular flexibility index (Phi) is 5.98. The lowest BCUT2D eigenvalue weighted by Gasteiger charge is -2.09. The maximum Gasteiger partial charge on any atom is 0.266 e. The topological polar surface area (TPSA) is 104 Å². The third-order valence-corrected chi connectivity index (χ3v) is 7.39. The molecule has 1 saturated carbocycles. The van der Waals surface area contributed by atoms with E-state index < -0.39 is 15.8 Å². The number of thiophene rings is 1. The van der Waals surface area contributed by atoms with Crippen LogP contribution in [0, 0.1) is 18.7 Å². The fourth-order valence-electron chi connectivity index (χ4n) is 2.98. The van der Waals surface area contributed by atoms with Crippen molar-refractivity contribution in [3.63, 3.8) is 0 Å². The van der Waals surface area contributed by atoms with Gasteiger partial charge in [0.1, 0.15) is 5.82 Å². The zero-order valence-electron chi connectivity index (χ0n) is 17.0. The van der Waals surface area contributed by atoms with Crippen LogP contribution in [0.1, 0.15) is 28.1 Å². The van der Waals surface area contributed by atoms with Gasteiger partial charge in [-0.15, -0.1) is 11.3 Å². The monoisotopic (exact) mass is 473 g/mol. The summed E-state index contributed by atoms with van der Waals surface area (Å²) in [5.74, 6) is -0.785. The Labute approximate surface area is 188 Å². The summed E-state index contributed by atoms with van der Waals surface area (Å²) in [6, 6.07) is 12.4. The van der Waals surface area contributed by atoms with Gasteiger partial charge in [0.25, 0.3) is 15.9 Å². The molecular formula is C22H20FN3O4S2. The zero-order valence-corrected chi connectivity index (χ0v) is 18.6. The van der Waals surface area contributed by atoms with E-state index in [0.717, 1.165) is 30.5 Å². The molecule has 2 aromatic carbocycles. The second-order valence-electron chi connectivity index (χ2n) is 7.48. The quantitative estimate of drug-likeness (QED) is 0.467. The van der Waals surface area contributed by atoms with Gasteiger partial charge in [0.2, 0.25) is 5.91 Å². The van der Waals surface area contributed by atoms with Crippen LogP contribution in [0.5, 0.6) is 0 Å². The maximum absolute atomic E-state index is 13.0. The lowest BCUT2D eigenvalue weighted by atomic mass is 10.2. The van der Waals surface area contributed by atoms with Gasteiger partial charge >= 0.3 is 0 Å². The second kappa shape index (κ2) is 8.71. The van der Waals surface area contributed by atoms with Crippen LogP contribution in [0.15, 0.2) is 59.5 Å². The molecule has 10 heteroatoms. The number of hydrogen-bond acceptors (Lipinski definition) is 5. The molecule has 0 spiro atoms. The number of nitrogens with one attached hydrogen (secondary N) is 3. The van der Waals surface area contributed by atoms with E-state index in [0.29, 0.717) is 21.3 Å². The Hall–Kier alpha value is -3.24. The van der Waals surface area contributed by atoms with Crippen molar-refractivity contribution in [2.75, 3.05) is 15.4 Å². The molecule has 1 aromatic heterocycles. The smallest absolute Gasteiger partial charge is 0.266 e. The van der Waals surface area contributed by atoms with Crippen LogP contribution in [-0.4, -0.2) is 20.2 Å². The molecule has 0 bridgehead atoms. The predicted molar refractivity (Wildman–Crippen MR) is 122 cm³/mol. The van der Waals surface area contributed by atoms with Crippen molar-refractivity contribution >= 4 is 49.6 Å². The van der Waals surface area contributed by atoms with Gasteiger partial charge in [0.15, 0.2) is 0 Å². The first-order valence-corrected chi connectivity index (χ1v) is 12.1. The molecule has 1 aliphatic carbocycles. The molecule has 1 heterocycles. The van der Waals surface area contributed by atoms with Crippen LogP contribution in [0.3, 0.4) is 0 Å². The number of halogens is 1. The first-order valence-electron chi connectivity index (χ1n) is 9.82. The summed E-state index contributed by atoms with van der Waals surface area (Å²) in [6.45, 7) is 1.80. The molecule has 3 aromatic rings. The molecule has 0 saturated heterocycles. The summed E-state index contributed by atoms with van der Waals surface area (Å²) in [7, 11) is -3.86. The first kappa shape index (κ1) is 22.0. The lowest BCUT2D eigenvalue weighted by Crippen LogP contribution is -2.13. The first-order chi connectivity index (χ1) is 15.2. The summed E-state index contributed by atoms with van der Waals surface area (Å²) in [4.78, 5) is 25.0. The highest BCUT2D eigenvalue weighted by atomic mass is 32.2. The number of benzene rings is 2. The van der Waals surface area contributed by atoms with E-state index in [4.69, 9.17) is 0 Å². The highest BCUT2D eigenvalue weighted by molar-refractivity contribution is 7.92. The SMILES string of the molecule is Cc1cc(NC(=O)C2CC2)sc1C(=O)Nc1ccc(NS(=O)(=O)c2ccc(F)cc2)cc1. The fraction of sp³-hybridized carbons (Fsp3) is 0.182. The Bertz CT molecular complexity index is 1270. The average molecular weight is 474 g/mol. The molecule has 4 rings (SSSR count). The van der Waals surface area contributed by atoms with Crippen LogP contribution in [-0.2, 0) is 14.8 Å². The van der Waals surface area contributed by atoms with Gasteiger partial charge in [-0.25, -0.2) is 12.8 Å². The third-order valence-electron chi connectivity index (χ3n) is 4.84. The lowest BCUT2D eigenvalue weighted by molar-refractivity contribution is -0.117. The number of carbonyl (C=O) groups is 2. The van der Waals surface area contributed by atoms with Gasteiger partial charge in [-0.1, -0.05) is 0 Å². The molecule has 32 heavy (non-hydrogen) atoms. The standard InChI is InChI=1S/C22H20FN3O4S2/c1-13-12-19(25-21(27)14-2-3-14)31-20(13)22(28)24-16-6-8-17(9-7-16)26-32(29,30)18-10-4-15(23)5-11-18/h4-12,14,26H,2-3H2,1H3,(H,24,28)(H,25,27). The Morgan fingerprint density at radius 3 is 2.22 bits per heavy atom. The molecule has 0 unspecified atom stereocenters. The van der Waals surface area contributed by atoms with Crippen LogP contribution < -0.4 is 15.4 Å². The van der Waals surface area contributed by atoms with Crippen molar-refractivity contribution in [3.05, 3.63) is 70.9 Å². The molecule has 166 valence electrons. The van der Waals surface area contributed by atoms with Crippen molar-refractivity contribution in [2.24, 2.45) is 5.92 Å². The molecule has 1 fully saturated rings. The van der Waals surface area contributed by atoms with E-state index in [1.165, 1.54) is 35.6 Å². The summed E-state index contributed by atoms with van der Waals surface area (Å²) in [5.41, 5.74) is 1.53. The van der Waals surface area contributed by atoms with E-state index in [9.17, 15) is 22.4 Å². The molecule has 0 aliphatic heterocycles. The molecule has 0 atom stereocenters. The molecule has 3 N–H and O–H groups in total. The van der Waals surface area contributed by atoms with Crippen molar-refractivity contribution in [2.45, 2.75) is 24.7 Å². The van der Waals surface area contributed by atoms with E-state index in [1.807, 2.05) is 0 Å². The van der Waals surface area contributed by atoms with Crippen LogP contribution in [0.2, 0.25) is 0 Å². The van der Waals surface area contributed by atoms with Crippen molar-refractivity contribution in [1.82, 2.24) is 0 Å². The fourth-order valence-corrected chi connectivity index (χ4v) is 5.00. The number of anilines is 3. The molecule has 0 radical (unpaired) electrons. The van der Waals surface area contributed by atoms with E-state index in [2.05, 4.69) is 15.4 Å². The Morgan fingerprint density at radius 1 is 0.969 bits per heavy atom. The molecule has 7 nitrogen and oxygen atoms in total. The minimum absolute atomic E-state index is 0.0168. The van der Waals surface area contributed by atoms with E-state index in [1.54, 1.807) is 25.1 Å². The highest BCUT2D eigenvalue weighted by Gasteiger charge is 2.30. The van der Waals surface area contributed by atoms with Crippen LogP contribution in [0.4, 0.5) is 20.8 Å². The average Bonchev–Trinajstić information content (AvgIpc) is 3.53. The molecule has 1 aliphatic rings. The highest BCUT2D eigenvalue weighted by Crippen LogP contribution is 2.33. The summed E-state index contributed by atoms with van der Waals surface area (Å²) in [6.07, 6.45) is 1.80. The largest absolute Gasteiger partial charge is 0.321 e. The number of sulfonamides is 1. The maximum atomic E-state index is 13.0. The van der Waals surface area contributed by atoms with Crippen molar-refractivity contribution in [1.29, 1.82) is 0 Å². The minimum Gasteiger partial charge on any atom is -0.321 e. The Balaban J connectivity index is 1.40.